The molecule has 266 valence electrons. The van der Waals surface area contributed by atoms with Crippen LogP contribution in [0.3, 0.4) is 0 Å². The smallest absolute Gasteiger partial charge is 0.310 e. The average molecular weight is 707 g/mol. The molecule has 0 saturated carbocycles. The van der Waals surface area contributed by atoms with Gasteiger partial charge in [0.2, 0.25) is 5.78 Å². The van der Waals surface area contributed by atoms with Crippen molar-refractivity contribution in [2.75, 3.05) is 27.4 Å². The molecular weight excluding hydrogens is 668 g/mol. The second-order valence-electron chi connectivity index (χ2n) is 11.4. The highest BCUT2D eigenvalue weighted by molar-refractivity contribution is 7.17. The highest BCUT2D eigenvalue weighted by Crippen LogP contribution is 2.36. The van der Waals surface area contributed by atoms with Crippen LogP contribution in [-0.2, 0) is 30.2 Å². The molecule has 3 heterocycles. The van der Waals surface area contributed by atoms with Crippen molar-refractivity contribution in [1.29, 1.82) is 0 Å². The Balaban J connectivity index is 1.37. The Morgan fingerprint density at radius 2 is 1.47 bits per heavy atom. The molecule has 0 bridgehead atoms. The number of rotatable bonds is 12. The van der Waals surface area contributed by atoms with E-state index >= 15 is 0 Å². The second kappa shape index (κ2) is 16.0. The third-order valence-electron chi connectivity index (χ3n) is 8.27. The van der Waals surface area contributed by atoms with Gasteiger partial charge in [0.1, 0.15) is 54.2 Å². The summed E-state index contributed by atoms with van der Waals surface area (Å²) in [5.74, 6) is -0.150. The van der Waals surface area contributed by atoms with E-state index < -0.39 is 87.0 Å². The van der Waals surface area contributed by atoms with Crippen LogP contribution in [0.2, 0.25) is 0 Å². The number of carbonyl (C=O) groups is 2. The number of ether oxygens (including phenoxy) is 6. The van der Waals surface area contributed by atoms with Gasteiger partial charge in [-0.25, -0.2) is 0 Å². The summed E-state index contributed by atoms with van der Waals surface area (Å²) < 4.78 is 32.3. The van der Waals surface area contributed by atoms with Crippen LogP contribution in [0.5, 0.6) is 11.5 Å². The average Bonchev–Trinajstić information content (AvgIpc) is 3.54. The fourth-order valence-electron chi connectivity index (χ4n) is 5.60. The molecule has 0 radical (unpaired) electrons. The van der Waals surface area contributed by atoms with Crippen molar-refractivity contribution in [2.24, 2.45) is 0 Å². The highest BCUT2D eigenvalue weighted by Gasteiger charge is 2.51. The number of hydrogen-bond acceptors (Lipinski definition) is 16. The lowest BCUT2D eigenvalue weighted by Gasteiger charge is -2.45. The van der Waals surface area contributed by atoms with Gasteiger partial charge in [0.05, 0.1) is 38.7 Å². The molecule has 2 saturated heterocycles. The maximum absolute atomic E-state index is 13.5. The van der Waals surface area contributed by atoms with Crippen LogP contribution in [0.25, 0.3) is 10.4 Å². The molecule has 2 aromatic carbocycles. The van der Waals surface area contributed by atoms with Crippen LogP contribution in [0.1, 0.15) is 20.8 Å². The Kier molecular flexibility index (Phi) is 12.0. The maximum Gasteiger partial charge on any atom is 0.310 e. The minimum Gasteiger partial charge on any atom is -0.497 e. The summed E-state index contributed by atoms with van der Waals surface area (Å²) in [6.07, 6.45) is -17.3. The van der Waals surface area contributed by atoms with Crippen molar-refractivity contribution >= 4 is 23.1 Å². The Morgan fingerprint density at radius 1 is 0.776 bits per heavy atom. The normalized spacial score (nSPS) is 30.1. The molecular formula is C33H38O15S. The Labute approximate surface area is 284 Å². The van der Waals surface area contributed by atoms with E-state index in [0.29, 0.717) is 37.9 Å². The lowest BCUT2D eigenvalue weighted by Crippen LogP contribution is -2.65. The first-order valence-corrected chi connectivity index (χ1v) is 16.0. The van der Waals surface area contributed by atoms with Crippen LogP contribution < -0.4 is 9.47 Å². The van der Waals surface area contributed by atoms with Gasteiger partial charge >= 0.3 is 5.97 Å². The second-order valence-corrected chi connectivity index (χ2v) is 12.5. The molecule has 0 amide bonds. The number of aliphatic hydroxyl groups excluding tert-OH is 7. The molecule has 0 aliphatic carbocycles. The van der Waals surface area contributed by atoms with E-state index in [1.807, 2.05) is 0 Å². The van der Waals surface area contributed by atoms with Crippen molar-refractivity contribution in [1.82, 2.24) is 0 Å². The molecule has 49 heavy (non-hydrogen) atoms. The van der Waals surface area contributed by atoms with E-state index in [4.69, 9.17) is 28.4 Å². The van der Waals surface area contributed by atoms with Gasteiger partial charge in [-0.1, -0.05) is 12.1 Å². The van der Waals surface area contributed by atoms with Crippen molar-refractivity contribution in [2.45, 2.75) is 67.8 Å². The SMILES string of the molecule is COc1ccc(-c2sc(C(=O)c3cccc(OC)c3)cc2CC(=O)O[C@H]2C(O)O[C@H](CO)[C@@H](O[C@@H]3O[C@H](CO)[C@H](O)[C@H](O)[C@H]3O)[C@@H]2O)cc1. The largest absolute Gasteiger partial charge is 0.497 e. The zero-order valence-corrected chi connectivity index (χ0v) is 27.2. The Bertz CT molecular complexity index is 1580. The predicted molar refractivity (Wildman–Crippen MR) is 169 cm³/mol. The number of benzene rings is 2. The summed E-state index contributed by atoms with van der Waals surface area (Å²) in [5.41, 5.74) is 1.46. The summed E-state index contributed by atoms with van der Waals surface area (Å²) in [6, 6.07) is 15.1. The van der Waals surface area contributed by atoms with Gasteiger partial charge < -0.3 is 64.2 Å². The number of aliphatic hydroxyl groups is 7. The molecule has 5 rings (SSSR count). The zero-order chi connectivity index (χ0) is 35.4. The number of carbonyl (C=O) groups excluding carboxylic acids is 2. The Hall–Kier alpha value is -3.52. The summed E-state index contributed by atoms with van der Waals surface area (Å²) >= 11 is 1.15. The highest BCUT2D eigenvalue weighted by atomic mass is 32.1. The van der Waals surface area contributed by atoms with E-state index in [1.165, 1.54) is 14.2 Å². The van der Waals surface area contributed by atoms with E-state index in [2.05, 4.69) is 0 Å². The van der Waals surface area contributed by atoms with E-state index in [-0.39, 0.29) is 5.78 Å². The third-order valence-corrected chi connectivity index (χ3v) is 9.50. The fraction of sp³-hybridized carbons (Fsp3) is 0.455. The first-order chi connectivity index (χ1) is 23.5. The monoisotopic (exact) mass is 706 g/mol. The molecule has 0 spiro atoms. The molecule has 2 aliphatic rings. The van der Waals surface area contributed by atoms with Gasteiger partial charge in [0.15, 0.2) is 18.7 Å². The van der Waals surface area contributed by atoms with E-state index in [9.17, 15) is 45.3 Å². The van der Waals surface area contributed by atoms with Crippen molar-refractivity contribution in [3.05, 3.63) is 70.6 Å². The number of methoxy groups -OCH3 is 2. The Morgan fingerprint density at radius 3 is 2.12 bits per heavy atom. The van der Waals surface area contributed by atoms with Crippen LogP contribution in [-0.4, -0.2) is 136 Å². The van der Waals surface area contributed by atoms with Gasteiger partial charge in [-0.2, -0.15) is 0 Å². The lowest BCUT2D eigenvalue weighted by molar-refractivity contribution is -0.355. The molecule has 1 unspecified atom stereocenters. The third kappa shape index (κ3) is 7.95. The minimum absolute atomic E-state index is 0.312. The maximum atomic E-state index is 13.5. The minimum atomic E-state index is -1.92. The number of ketones is 1. The quantitative estimate of drug-likeness (QED) is 0.0919. The lowest BCUT2D eigenvalue weighted by atomic mass is 9.97. The molecule has 1 aromatic heterocycles. The summed E-state index contributed by atoms with van der Waals surface area (Å²) in [4.78, 5) is 27.8. The van der Waals surface area contributed by atoms with Crippen LogP contribution in [0, 0.1) is 0 Å². The van der Waals surface area contributed by atoms with Gasteiger partial charge in [-0.05, 0) is 53.6 Å². The number of hydrogen-bond donors (Lipinski definition) is 7. The molecule has 15 nitrogen and oxygen atoms in total. The standard InChI is InChI=1S/C33H38O15S/c1-43-18-8-6-15(7-9-18)31-17(11-22(49-31)24(37)16-4-3-5-19(10-16)44-2)12-23(36)47-30-28(41)29(21(14-35)45-32(30)42)48-33-27(40)26(39)25(38)20(13-34)46-33/h3-11,20-21,25-30,32-35,38-42H,12-14H2,1-2H3/t20-,21-,25+,26+,27-,28+,29-,30-,32?,33+/m1/s1. The van der Waals surface area contributed by atoms with Crippen LogP contribution >= 0.6 is 11.3 Å². The number of thiophene rings is 1. The molecule has 16 heteroatoms. The van der Waals surface area contributed by atoms with Gasteiger partial charge in [0.25, 0.3) is 0 Å². The first-order valence-electron chi connectivity index (χ1n) is 15.2. The predicted octanol–water partition coefficient (Wildman–Crippen LogP) is -0.627. The van der Waals surface area contributed by atoms with Crippen molar-refractivity contribution in [3.63, 3.8) is 0 Å². The van der Waals surface area contributed by atoms with E-state index in [0.717, 1.165) is 11.3 Å². The first kappa shape index (κ1) is 36.8. The summed E-state index contributed by atoms with van der Waals surface area (Å²) in [5, 5.41) is 71.8. The number of esters is 1. The molecule has 2 fully saturated rings. The van der Waals surface area contributed by atoms with Crippen molar-refractivity contribution in [3.8, 4) is 21.9 Å². The fourth-order valence-corrected chi connectivity index (χ4v) is 6.75. The molecule has 7 N–H and O–H groups in total. The van der Waals surface area contributed by atoms with E-state index in [1.54, 1.807) is 54.6 Å². The summed E-state index contributed by atoms with van der Waals surface area (Å²) in [7, 11) is 3.01. The topological polar surface area (TPSA) is 231 Å². The van der Waals surface area contributed by atoms with Gasteiger partial charge in [0, 0.05) is 10.4 Å². The summed E-state index contributed by atoms with van der Waals surface area (Å²) in [6.45, 7) is -1.54. The van der Waals surface area contributed by atoms with Crippen LogP contribution in [0.4, 0.5) is 0 Å². The van der Waals surface area contributed by atoms with Crippen LogP contribution in [0.15, 0.2) is 54.6 Å². The van der Waals surface area contributed by atoms with Crippen molar-refractivity contribution < 1.29 is 73.8 Å². The molecule has 3 aromatic rings. The molecule has 2 aliphatic heterocycles. The van der Waals surface area contributed by atoms with Gasteiger partial charge in [-0.15, -0.1) is 11.3 Å². The van der Waals surface area contributed by atoms with Gasteiger partial charge in [-0.3, -0.25) is 9.59 Å². The zero-order valence-electron chi connectivity index (χ0n) is 26.4. The molecule has 10 atom stereocenters.